The number of aryl methyl sites for hydroxylation is 1. The fraction of sp³-hybridized carbons (Fsp3) is 0.636. The zero-order valence-electron chi connectivity index (χ0n) is 10.5. The Kier molecular flexibility index (Phi) is 5.84. The van der Waals surface area contributed by atoms with E-state index in [1.54, 1.807) is 11.3 Å². The molecule has 2 N–H and O–H groups in total. The van der Waals surface area contributed by atoms with Gasteiger partial charge in [0, 0.05) is 44.5 Å². The second-order valence-electron chi connectivity index (χ2n) is 4.18. The highest BCUT2D eigenvalue weighted by Gasteiger charge is 2.21. The van der Waals surface area contributed by atoms with E-state index >= 15 is 0 Å². The van der Waals surface area contributed by atoms with Crippen LogP contribution in [0.2, 0.25) is 0 Å². The number of aromatic nitrogens is 1. The lowest BCUT2D eigenvalue weighted by Gasteiger charge is -2.34. The Bertz CT molecular complexity index is 390. The molecule has 0 unspecified atom stereocenters. The van der Waals surface area contributed by atoms with Crippen LogP contribution in [0.15, 0.2) is 5.38 Å². The SMILES string of the molecule is Cc1csc(N2CCN(C(=O)CCN)CC2)n1.Cl. The summed E-state index contributed by atoms with van der Waals surface area (Å²) >= 11 is 1.67. The van der Waals surface area contributed by atoms with E-state index in [1.165, 1.54) is 0 Å². The van der Waals surface area contributed by atoms with Crippen molar-refractivity contribution >= 4 is 34.8 Å². The predicted octanol–water partition coefficient (Wildman–Crippen LogP) is 0.871. The maximum atomic E-state index is 11.7. The summed E-state index contributed by atoms with van der Waals surface area (Å²) in [6.07, 6.45) is 0.455. The van der Waals surface area contributed by atoms with Gasteiger partial charge in [-0.1, -0.05) is 0 Å². The highest BCUT2D eigenvalue weighted by molar-refractivity contribution is 7.13. The Balaban J connectivity index is 0.00000162. The van der Waals surface area contributed by atoms with Crippen LogP contribution in [0.4, 0.5) is 5.13 Å². The number of amides is 1. The van der Waals surface area contributed by atoms with E-state index in [2.05, 4.69) is 15.3 Å². The number of rotatable bonds is 3. The molecule has 1 aromatic heterocycles. The Hall–Kier alpha value is -0.850. The van der Waals surface area contributed by atoms with Crippen LogP contribution in [-0.4, -0.2) is 48.5 Å². The molecule has 0 aliphatic carbocycles. The highest BCUT2D eigenvalue weighted by Crippen LogP contribution is 2.21. The second-order valence-corrected chi connectivity index (χ2v) is 5.01. The molecule has 18 heavy (non-hydrogen) atoms. The number of nitrogens with zero attached hydrogens (tertiary/aromatic N) is 3. The Morgan fingerprint density at radius 2 is 2.11 bits per heavy atom. The van der Waals surface area contributed by atoms with E-state index in [0.717, 1.165) is 37.0 Å². The molecular weight excluding hydrogens is 272 g/mol. The second kappa shape index (κ2) is 6.92. The zero-order chi connectivity index (χ0) is 12.3. The van der Waals surface area contributed by atoms with Crippen LogP contribution >= 0.6 is 23.7 Å². The molecule has 1 saturated heterocycles. The standard InChI is InChI=1S/C11H18N4OS.ClH/c1-9-8-17-11(13-9)15-6-4-14(5-7-15)10(16)2-3-12;/h8H,2-7,12H2,1H3;1H. The van der Waals surface area contributed by atoms with Gasteiger partial charge in [0.1, 0.15) is 0 Å². The first-order valence-corrected chi connectivity index (χ1v) is 6.73. The number of hydrogen-bond acceptors (Lipinski definition) is 5. The Morgan fingerprint density at radius 1 is 1.44 bits per heavy atom. The number of carbonyl (C=O) groups is 1. The molecule has 1 aliphatic rings. The van der Waals surface area contributed by atoms with Gasteiger partial charge in [-0.2, -0.15) is 0 Å². The number of anilines is 1. The van der Waals surface area contributed by atoms with Crippen molar-refractivity contribution < 1.29 is 4.79 Å². The minimum absolute atomic E-state index is 0. The summed E-state index contributed by atoms with van der Waals surface area (Å²) in [5, 5.41) is 3.12. The number of nitrogens with two attached hydrogens (primary N) is 1. The first-order chi connectivity index (χ1) is 8.20. The van der Waals surface area contributed by atoms with Crippen molar-refractivity contribution in [2.24, 2.45) is 5.73 Å². The first-order valence-electron chi connectivity index (χ1n) is 5.85. The van der Waals surface area contributed by atoms with Crippen molar-refractivity contribution in [3.8, 4) is 0 Å². The summed E-state index contributed by atoms with van der Waals surface area (Å²) in [4.78, 5) is 20.3. The maximum absolute atomic E-state index is 11.7. The topological polar surface area (TPSA) is 62.5 Å². The number of hydrogen-bond donors (Lipinski definition) is 1. The zero-order valence-corrected chi connectivity index (χ0v) is 12.1. The lowest BCUT2D eigenvalue weighted by atomic mass is 10.3. The predicted molar refractivity (Wildman–Crippen MR) is 76.6 cm³/mol. The summed E-state index contributed by atoms with van der Waals surface area (Å²) in [6, 6.07) is 0. The fourth-order valence-electron chi connectivity index (χ4n) is 1.92. The minimum Gasteiger partial charge on any atom is -0.345 e. The third-order valence-corrected chi connectivity index (χ3v) is 3.89. The van der Waals surface area contributed by atoms with Gasteiger partial charge in [-0.15, -0.1) is 23.7 Å². The van der Waals surface area contributed by atoms with Crippen LogP contribution in [-0.2, 0) is 4.79 Å². The van der Waals surface area contributed by atoms with Gasteiger partial charge in [0.15, 0.2) is 5.13 Å². The molecule has 1 fully saturated rings. The van der Waals surface area contributed by atoms with Crippen LogP contribution in [0.25, 0.3) is 0 Å². The third kappa shape index (κ3) is 3.57. The summed E-state index contributed by atoms with van der Waals surface area (Å²) in [6.45, 7) is 5.72. The Labute approximate surface area is 117 Å². The van der Waals surface area contributed by atoms with Crippen molar-refractivity contribution in [3.63, 3.8) is 0 Å². The lowest BCUT2D eigenvalue weighted by Crippen LogP contribution is -2.49. The first kappa shape index (κ1) is 15.2. The van der Waals surface area contributed by atoms with Crippen LogP contribution in [0, 0.1) is 6.92 Å². The van der Waals surface area contributed by atoms with Crippen molar-refractivity contribution in [1.82, 2.24) is 9.88 Å². The van der Waals surface area contributed by atoms with Crippen molar-refractivity contribution in [2.45, 2.75) is 13.3 Å². The number of carbonyl (C=O) groups excluding carboxylic acids is 1. The average molecular weight is 291 g/mol. The summed E-state index contributed by atoms with van der Waals surface area (Å²) < 4.78 is 0. The fourth-order valence-corrected chi connectivity index (χ4v) is 2.77. The van der Waals surface area contributed by atoms with Crippen LogP contribution in [0.5, 0.6) is 0 Å². The van der Waals surface area contributed by atoms with Gasteiger partial charge in [0.25, 0.3) is 0 Å². The van der Waals surface area contributed by atoms with Gasteiger partial charge >= 0.3 is 0 Å². The van der Waals surface area contributed by atoms with E-state index in [-0.39, 0.29) is 18.3 Å². The van der Waals surface area contributed by atoms with Crippen LogP contribution < -0.4 is 10.6 Å². The minimum atomic E-state index is 0. The molecule has 2 heterocycles. The van der Waals surface area contributed by atoms with Gasteiger partial charge in [-0.25, -0.2) is 4.98 Å². The van der Waals surface area contributed by atoms with Gasteiger partial charge in [0.05, 0.1) is 5.69 Å². The molecule has 0 radical (unpaired) electrons. The molecule has 0 bridgehead atoms. The number of halogens is 1. The quantitative estimate of drug-likeness (QED) is 0.897. The summed E-state index contributed by atoms with van der Waals surface area (Å²) in [5.41, 5.74) is 6.45. The molecule has 5 nitrogen and oxygen atoms in total. The number of piperazine rings is 1. The van der Waals surface area contributed by atoms with Gasteiger partial charge < -0.3 is 15.5 Å². The summed E-state index contributed by atoms with van der Waals surface area (Å²) in [5.74, 6) is 0.169. The van der Waals surface area contributed by atoms with E-state index in [1.807, 2.05) is 11.8 Å². The monoisotopic (exact) mass is 290 g/mol. The largest absolute Gasteiger partial charge is 0.345 e. The molecular formula is C11H19ClN4OS. The molecule has 0 saturated carbocycles. The molecule has 7 heteroatoms. The van der Waals surface area contributed by atoms with Crippen molar-refractivity contribution in [1.29, 1.82) is 0 Å². The van der Waals surface area contributed by atoms with E-state index in [4.69, 9.17) is 5.73 Å². The average Bonchev–Trinajstić information content (AvgIpc) is 2.76. The molecule has 0 atom stereocenters. The molecule has 0 spiro atoms. The van der Waals surface area contributed by atoms with Crippen molar-refractivity contribution in [3.05, 3.63) is 11.1 Å². The summed E-state index contributed by atoms with van der Waals surface area (Å²) in [7, 11) is 0. The van der Waals surface area contributed by atoms with E-state index in [0.29, 0.717) is 13.0 Å². The molecule has 0 aromatic carbocycles. The molecule has 1 aliphatic heterocycles. The van der Waals surface area contributed by atoms with Crippen LogP contribution in [0.3, 0.4) is 0 Å². The highest BCUT2D eigenvalue weighted by atomic mass is 35.5. The lowest BCUT2D eigenvalue weighted by molar-refractivity contribution is -0.131. The molecule has 102 valence electrons. The molecule has 2 rings (SSSR count). The molecule has 1 aromatic rings. The van der Waals surface area contributed by atoms with Crippen molar-refractivity contribution in [2.75, 3.05) is 37.6 Å². The van der Waals surface area contributed by atoms with Crippen LogP contribution in [0.1, 0.15) is 12.1 Å². The molecule has 1 amide bonds. The third-order valence-electron chi connectivity index (χ3n) is 2.87. The Morgan fingerprint density at radius 3 is 2.61 bits per heavy atom. The van der Waals surface area contributed by atoms with Gasteiger partial charge in [-0.3, -0.25) is 4.79 Å². The van der Waals surface area contributed by atoms with E-state index < -0.39 is 0 Å². The number of thiazole rings is 1. The van der Waals surface area contributed by atoms with Gasteiger partial charge in [0.2, 0.25) is 5.91 Å². The normalized spacial score (nSPS) is 15.4. The maximum Gasteiger partial charge on any atom is 0.223 e. The van der Waals surface area contributed by atoms with E-state index in [9.17, 15) is 4.79 Å². The smallest absolute Gasteiger partial charge is 0.223 e. The van der Waals surface area contributed by atoms with Gasteiger partial charge in [-0.05, 0) is 6.92 Å².